The van der Waals surface area contributed by atoms with E-state index in [-0.39, 0.29) is 12.5 Å². The van der Waals surface area contributed by atoms with E-state index in [9.17, 15) is 9.59 Å². The number of carbonyl (C=O) groups is 2. The van der Waals surface area contributed by atoms with Gasteiger partial charge in [0.2, 0.25) is 0 Å². The average Bonchev–Trinajstić information content (AvgIpc) is 2.87. The summed E-state index contributed by atoms with van der Waals surface area (Å²) in [5.41, 5.74) is 2.33. The number of halogens is 1. The summed E-state index contributed by atoms with van der Waals surface area (Å²) in [7, 11) is 0. The Morgan fingerprint density at radius 3 is 2.33 bits per heavy atom. The molecule has 1 heterocycles. The summed E-state index contributed by atoms with van der Waals surface area (Å²) in [5.74, 6) is -0.365. The zero-order chi connectivity index (χ0) is 23.0. The molecule has 3 aromatic carbocycles. The van der Waals surface area contributed by atoms with Gasteiger partial charge in [0.05, 0.1) is 0 Å². The molecule has 7 heteroatoms. The SMILES string of the molecule is O=C(OCC(=O)N1CCN(c2cccc(Cl)c2)CC1)c1ccccc1OCc1ccccc1. The zero-order valence-electron chi connectivity index (χ0n) is 18.2. The lowest BCUT2D eigenvalue weighted by atomic mass is 10.2. The van der Waals surface area contributed by atoms with Crippen LogP contribution in [0.3, 0.4) is 0 Å². The Bertz CT molecular complexity index is 1100. The van der Waals surface area contributed by atoms with Crippen LogP contribution in [0.15, 0.2) is 78.9 Å². The molecule has 1 saturated heterocycles. The first kappa shape index (κ1) is 22.7. The number of nitrogens with zero attached hydrogens (tertiary/aromatic N) is 2. The average molecular weight is 465 g/mol. The number of hydrogen-bond acceptors (Lipinski definition) is 5. The van der Waals surface area contributed by atoms with Crippen molar-refractivity contribution in [3.05, 3.63) is 95.0 Å². The smallest absolute Gasteiger partial charge is 0.342 e. The molecule has 3 aromatic rings. The van der Waals surface area contributed by atoms with Gasteiger partial charge >= 0.3 is 5.97 Å². The van der Waals surface area contributed by atoms with Gasteiger partial charge in [-0.05, 0) is 35.9 Å². The van der Waals surface area contributed by atoms with Crippen LogP contribution in [-0.4, -0.2) is 49.6 Å². The number of esters is 1. The lowest BCUT2D eigenvalue weighted by Gasteiger charge is -2.36. The van der Waals surface area contributed by atoms with E-state index in [1.165, 1.54) is 0 Å². The number of para-hydroxylation sites is 1. The summed E-state index contributed by atoms with van der Waals surface area (Å²) in [6.45, 7) is 2.52. The molecule has 6 nitrogen and oxygen atoms in total. The Balaban J connectivity index is 1.28. The second-order valence-corrected chi connectivity index (χ2v) is 8.13. The molecule has 170 valence electrons. The van der Waals surface area contributed by atoms with Crippen LogP contribution in [0.2, 0.25) is 5.02 Å². The highest BCUT2D eigenvalue weighted by Gasteiger charge is 2.23. The van der Waals surface area contributed by atoms with Crippen LogP contribution in [0.25, 0.3) is 0 Å². The van der Waals surface area contributed by atoms with Crippen LogP contribution in [0, 0.1) is 0 Å². The van der Waals surface area contributed by atoms with Gasteiger partial charge in [-0.1, -0.05) is 60.1 Å². The fourth-order valence-electron chi connectivity index (χ4n) is 3.68. The van der Waals surface area contributed by atoms with E-state index in [2.05, 4.69) is 4.90 Å². The molecule has 0 bridgehead atoms. The first-order chi connectivity index (χ1) is 16.1. The van der Waals surface area contributed by atoms with Crippen molar-refractivity contribution in [1.82, 2.24) is 4.90 Å². The van der Waals surface area contributed by atoms with Gasteiger partial charge in [-0.25, -0.2) is 4.79 Å². The standard InChI is InChI=1S/C26H25ClN2O4/c27-21-9-6-10-22(17-21)28-13-15-29(16-14-28)25(30)19-33-26(31)23-11-4-5-12-24(23)32-18-20-7-2-1-3-8-20/h1-12,17H,13-16,18-19H2. The van der Waals surface area contributed by atoms with Gasteiger partial charge < -0.3 is 19.3 Å². The molecule has 1 aliphatic heterocycles. The van der Waals surface area contributed by atoms with Crippen LogP contribution >= 0.6 is 11.6 Å². The quantitative estimate of drug-likeness (QED) is 0.484. The highest BCUT2D eigenvalue weighted by Crippen LogP contribution is 2.22. The summed E-state index contributed by atoms with van der Waals surface area (Å²) >= 11 is 6.08. The molecule has 0 atom stereocenters. The molecule has 0 aliphatic carbocycles. The molecule has 0 N–H and O–H groups in total. The van der Waals surface area contributed by atoms with Gasteiger partial charge in [0, 0.05) is 36.9 Å². The summed E-state index contributed by atoms with van der Waals surface area (Å²) < 4.78 is 11.1. The van der Waals surface area contributed by atoms with Gasteiger partial charge in [-0.2, -0.15) is 0 Å². The van der Waals surface area contributed by atoms with Crippen LogP contribution in [-0.2, 0) is 16.1 Å². The monoisotopic (exact) mass is 464 g/mol. The molecular formula is C26H25ClN2O4. The Labute approximate surface area is 198 Å². The van der Waals surface area contributed by atoms with E-state index in [1.807, 2.05) is 54.6 Å². The van der Waals surface area contributed by atoms with Gasteiger partial charge in [-0.15, -0.1) is 0 Å². The zero-order valence-corrected chi connectivity index (χ0v) is 18.9. The molecule has 0 aromatic heterocycles. The summed E-state index contributed by atoms with van der Waals surface area (Å²) in [5, 5.41) is 0.686. The third kappa shape index (κ3) is 6.05. The molecule has 0 saturated carbocycles. The molecule has 4 rings (SSSR count). The fraction of sp³-hybridized carbons (Fsp3) is 0.231. The van der Waals surface area contributed by atoms with E-state index in [1.54, 1.807) is 29.2 Å². The van der Waals surface area contributed by atoms with Crippen molar-refractivity contribution >= 4 is 29.2 Å². The van der Waals surface area contributed by atoms with Gasteiger partial charge in [0.25, 0.3) is 5.91 Å². The van der Waals surface area contributed by atoms with Gasteiger partial charge in [0.1, 0.15) is 17.9 Å². The van der Waals surface area contributed by atoms with Gasteiger partial charge in [0.15, 0.2) is 6.61 Å². The number of piperazine rings is 1. The third-order valence-electron chi connectivity index (χ3n) is 5.48. The Hall–Kier alpha value is -3.51. The minimum atomic E-state index is -0.579. The molecule has 33 heavy (non-hydrogen) atoms. The molecule has 1 aliphatic rings. The molecule has 0 spiro atoms. The fourth-order valence-corrected chi connectivity index (χ4v) is 3.86. The molecule has 0 radical (unpaired) electrons. The minimum absolute atomic E-state index is 0.211. The van der Waals surface area contributed by atoms with Crippen LogP contribution in [0.1, 0.15) is 15.9 Å². The number of benzene rings is 3. The maximum Gasteiger partial charge on any atom is 0.342 e. The van der Waals surface area contributed by atoms with E-state index >= 15 is 0 Å². The Kier molecular flexibility index (Phi) is 7.47. The highest BCUT2D eigenvalue weighted by molar-refractivity contribution is 6.30. The van der Waals surface area contributed by atoms with E-state index in [0.717, 1.165) is 11.3 Å². The lowest BCUT2D eigenvalue weighted by molar-refractivity contribution is -0.134. The van der Waals surface area contributed by atoms with E-state index < -0.39 is 5.97 Å². The Morgan fingerprint density at radius 1 is 0.848 bits per heavy atom. The summed E-state index contributed by atoms with van der Waals surface area (Å²) in [6, 6.07) is 24.2. The van der Waals surface area contributed by atoms with E-state index in [4.69, 9.17) is 21.1 Å². The van der Waals surface area contributed by atoms with Crippen LogP contribution < -0.4 is 9.64 Å². The van der Waals surface area contributed by atoms with Crippen molar-refractivity contribution in [3.63, 3.8) is 0 Å². The van der Waals surface area contributed by atoms with Crippen molar-refractivity contribution in [2.45, 2.75) is 6.61 Å². The maximum absolute atomic E-state index is 12.6. The van der Waals surface area contributed by atoms with Crippen LogP contribution in [0.4, 0.5) is 5.69 Å². The normalized spacial score (nSPS) is 13.5. The maximum atomic E-state index is 12.6. The Morgan fingerprint density at radius 2 is 1.58 bits per heavy atom. The first-order valence-electron chi connectivity index (χ1n) is 10.8. The van der Waals surface area contributed by atoms with Crippen molar-refractivity contribution in [2.75, 3.05) is 37.7 Å². The predicted octanol–water partition coefficient (Wildman–Crippen LogP) is 4.42. The molecular weight excluding hydrogens is 440 g/mol. The third-order valence-corrected chi connectivity index (χ3v) is 5.71. The van der Waals surface area contributed by atoms with Gasteiger partial charge in [-0.3, -0.25) is 4.79 Å². The van der Waals surface area contributed by atoms with Crippen molar-refractivity contribution < 1.29 is 19.1 Å². The second kappa shape index (κ2) is 10.9. The van der Waals surface area contributed by atoms with E-state index in [0.29, 0.717) is 49.1 Å². The molecule has 1 amide bonds. The van der Waals surface area contributed by atoms with Crippen molar-refractivity contribution in [1.29, 1.82) is 0 Å². The number of ether oxygens (including phenoxy) is 2. The van der Waals surface area contributed by atoms with Crippen molar-refractivity contribution in [3.8, 4) is 5.75 Å². The largest absolute Gasteiger partial charge is 0.488 e. The molecule has 1 fully saturated rings. The predicted molar refractivity (Wildman–Crippen MR) is 128 cm³/mol. The topological polar surface area (TPSA) is 59.1 Å². The lowest BCUT2D eigenvalue weighted by Crippen LogP contribution is -2.49. The number of amides is 1. The number of anilines is 1. The first-order valence-corrected chi connectivity index (χ1v) is 11.2. The number of carbonyl (C=O) groups excluding carboxylic acids is 2. The van der Waals surface area contributed by atoms with Crippen LogP contribution in [0.5, 0.6) is 5.75 Å². The minimum Gasteiger partial charge on any atom is -0.488 e. The summed E-state index contributed by atoms with van der Waals surface area (Å²) in [4.78, 5) is 29.1. The number of hydrogen-bond donors (Lipinski definition) is 0. The van der Waals surface area contributed by atoms with Crippen molar-refractivity contribution in [2.24, 2.45) is 0 Å². The second-order valence-electron chi connectivity index (χ2n) is 7.69. The molecule has 0 unspecified atom stereocenters. The number of rotatable bonds is 7. The summed E-state index contributed by atoms with van der Waals surface area (Å²) in [6.07, 6.45) is 0. The highest BCUT2D eigenvalue weighted by atomic mass is 35.5.